The first-order valence-corrected chi connectivity index (χ1v) is 6.59. The molecule has 1 aromatic rings. The van der Waals surface area contributed by atoms with Crippen LogP contribution in [0.25, 0.3) is 0 Å². The number of hydrogen-bond acceptors (Lipinski definition) is 3. The van der Waals surface area contributed by atoms with E-state index in [1.54, 1.807) is 0 Å². The summed E-state index contributed by atoms with van der Waals surface area (Å²) >= 11 is 0. The van der Waals surface area contributed by atoms with Crippen LogP contribution in [0.1, 0.15) is 26.2 Å². The predicted molar refractivity (Wildman–Crippen MR) is 74.9 cm³/mol. The van der Waals surface area contributed by atoms with Crippen molar-refractivity contribution in [2.45, 2.75) is 32.2 Å². The molecule has 1 aliphatic heterocycles. The molecule has 98 valence electrons. The van der Waals surface area contributed by atoms with E-state index in [9.17, 15) is 4.79 Å². The molecule has 1 atom stereocenters. The molecule has 1 amide bonds. The van der Waals surface area contributed by atoms with Crippen LogP contribution in [-0.2, 0) is 4.79 Å². The van der Waals surface area contributed by atoms with E-state index in [0.29, 0.717) is 6.04 Å². The van der Waals surface area contributed by atoms with Gasteiger partial charge in [-0.25, -0.2) is 0 Å². The number of hydrogen-bond donors (Lipinski definition) is 3. The van der Waals surface area contributed by atoms with Gasteiger partial charge in [-0.15, -0.1) is 0 Å². The summed E-state index contributed by atoms with van der Waals surface area (Å²) in [6.45, 7) is 3.71. The van der Waals surface area contributed by atoms with E-state index in [-0.39, 0.29) is 5.91 Å². The minimum Gasteiger partial charge on any atom is -0.382 e. The Kier molecular flexibility index (Phi) is 4.59. The number of carbonyl (C=O) groups excluding carboxylic acids is 1. The molecule has 1 heterocycles. The topological polar surface area (TPSA) is 53.2 Å². The van der Waals surface area contributed by atoms with Gasteiger partial charge in [0.1, 0.15) is 0 Å². The first-order chi connectivity index (χ1) is 8.74. The highest BCUT2D eigenvalue weighted by atomic mass is 16.1. The summed E-state index contributed by atoms with van der Waals surface area (Å²) in [6.07, 6.45) is 3.55. The van der Waals surface area contributed by atoms with Gasteiger partial charge in [-0.1, -0.05) is 6.07 Å². The zero-order chi connectivity index (χ0) is 12.8. The third-order valence-electron chi connectivity index (χ3n) is 3.13. The van der Waals surface area contributed by atoms with Crippen molar-refractivity contribution in [3.05, 3.63) is 24.3 Å². The summed E-state index contributed by atoms with van der Waals surface area (Å²) in [4.78, 5) is 11.0. The Balaban J connectivity index is 1.97. The minimum absolute atomic E-state index is 0.0363. The van der Waals surface area contributed by atoms with Crippen molar-refractivity contribution in [2.24, 2.45) is 0 Å². The van der Waals surface area contributed by atoms with Crippen LogP contribution in [0.3, 0.4) is 0 Å². The maximum Gasteiger partial charge on any atom is 0.221 e. The highest BCUT2D eigenvalue weighted by Crippen LogP contribution is 2.18. The second-order valence-electron chi connectivity index (χ2n) is 4.78. The van der Waals surface area contributed by atoms with Gasteiger partial charge in [0.05, 0.1) is 0 Å². The Bertz CT molecular complexity index is 398. The number of benzene rings is 1. The fourth-order valence-corrected chi connectivity index (χ4v) is 2.29. The SMILES string of the molecule is CC(=O)Nc1cccc(NC2CCCNCC2)c1. The molecule has 1 aliphatic rings. The van der Waals surface area contributed by atoms with E-state index < -0.39 is 0 Å². The smallest absolute Gasteiger partial charge is 0.221 e. The van der Waals surface area contributed by atoms with Crippen LogP contribution in [0.4, 0.5) is 11.4 Å². The molecule has 1 saturated heterocycles. The summed E-state index contributed by atoms with van der Waals surface area (Å²) < 4.78 is 0. The molecule has 18 heavy (non-hydrogen) atoms. The summed E-state index contributed by atoms with van der Waals surface area (Å²) in [5.74, 6) is -0.0363. The first-order valence-electron chi connectivity index (χ1n) is 6.59. The van der Waals surface area contributed by atoms with E-state index in [2.05, 4.69) is 16.0 Å². The van der Waals surface area contributed by atoms with Crippen LogP contribution >= 0.6 is 0 Å². The Labute approximate surface area is 108 Å². The molecule has 2 rings (SSSR count). The predicted octanol–water partition coefficient (Wildman–Crippen LogP) is 2.20. The Hall–Kier alpha value is -1.55. The van der Waals surface area contributed by atoms with Crippen LogP contribution in [0, 0.1) is 0 Å². The lowest BCUT2D eigenvalue weighted by Gasteiger charge is -2.18. The molecule has 0 spiro atoms. The number of rotatable bonds is 3. The average Bonchev–Trinajstić information content (AvgIpc) is 2.57. The largest absolute Gasteiger partial charge is 0.382 e. The molecular formula is C14H21N3O. The van der Waals surface area contributed by atoms with E-state index >= 15 is 0 Å². The van der Waals surface area contributed by atoms with Gasteiger partial charge in [0.25, 0.3) is 0 Å². The zero-order valence-corrected chi connectivity index (χ0v) is 10.8. The van der Waals surface area contributed by atoms with Crippen molar-refractivity contribution in [3.8, 4) is 0 Å². The molecule has 0 saturated carbocycles. The van der Waals surface area contributed by atoms with Crippen molar-refractivity contribution in [1.29, 1.82) is 0 Å². The fourth-order valence-electron chi connectivity index (χ4n) is 2.29. The first kappa shape index (κ1) is 12.9. The summed E-state index contributed by atoms with van der Waals surface area (Å²) in [6, 6.07) is 8.42. The van der Waals surface area contributed by atoms with Crippen molar-refractivity contribution in [1.82, 2.24) is 5.32 Å². The van der Waals surface area contributed by atoms with Gasteiger partial charge < -0.3 is 16.0 Å². The van der Waals surface area contributed by atoms with Crippen LogP contribution in [0.5, 0.6) is 0 Å². The highest BCUT2D eigenvalue weighted by Gasteiger charge is 2.11. The molecule has 0 radical (unpaired) electrons. The van der Waals surface area contributed by atoms with Crippen LogP contribution in [0.15, 0.2) is 24.3 Å². The second-order valence-corrected chi connectivity index (χ2v) is 4.78. The molecule has 1 aromatic carbocycles. The standard InChI is InChI=1S/C14H21N3O/c1-11(18)16-13-4-2-5-14(10-13)17-12-6-3-8-15-9-7-12/h2,4-5,10,12,15,17H,3,6-9H2,1H3,(H,16,18). The minimum atomic E-state index is -0.0363. The van der Waals surface area contributed by atoms with E-state index in [1.807, 2.05) is 24.3 Å². The molecule has 4 nitrogen and oxygen atoms in total. The molecule has 0 aromatic heterocycles. The van der Waals surface area contributed by atoms with Crippen LogP contribution in [0.2, 0.25) is 0 Å². The van der Waals surface area contributed by atoms with Gasteiger partial charge in [-0.05, 0) is 50.6 Å². The molecule has 4 heteroatoms. The number of anilines is 2. The normalized spacial score (nSPS) is 19.9. The van der Waals surface area contributed by atoms with Crippen molar-refractivity contribution < 1.29 is 4.79 Å². The van der Waals surface area contributed by atoms with Gasteiger partial charge in [0.2, 0.25) is 5.91 Å². The molecule has 3 N–H and O–H groups in total. The summed E-state index contributed by atoms with van der Waals surface area (Å²) in [5, 5.41) is 9.75. The number of carbonyl (C=O) groups is 1. The molecule has 1 unspecified atom stereocenters. The van der Waals surface area contributed by atoms with Crippen molar-refractivity contribution >= 4 is 17.3 Å². The zero-order valence-electron chi connectivity index (χ0n) is 10.8. The Morgan fingerprint density at radius 3 is 2.94 bits per heavy atom. The second kappa shape index (κ2) is 6.40. The monoisotopic (exact) mass is 247 g/mol. The molecule has 0 bridgehead atoms. The lowest BCUT2D eigenvalue weighted by atomic mass is 10.1. The average molecular weight is 247 g/mol. The van der Waals surface area contributed by atoms with E-state index in [4.69, 9.17) is 0 Å². The third-order valence-corrected chi connectivity index (χ3v) is 3.13. The lowest BCUT2D eigenvalue weighted by Crippen LogP contribution is -2.21. The van der Waals surface area contributed by atoms with E-state index in [1.165, 1.54) is 19.8 Å². The van der Waals surface area contributed by atoms with Gasteiger partial charge in [0.15, 0.2) is 0 Å². The van der Waals surface area contributed by atoms with Gasteiger partial charge in [0, 0.05) is 24.3 Å². The van der Waals surface area contributed by atoms with Gasteiger partial charge in [-0.3, -0.25) is 4.79 Å². The van der Waals surface area contributed by atoms with Gasteiger partial charge >= 0.3 is 0 Å². The molecule has 1 fully saturated rings. The quantitative estimate of drug-likeness (QED) is 0.767. The highest BCUT2D eigenvalue weighted by molar-refractivity contribution is 5.89. The third kappa shape index (κ3) is 4.04. The maximum atomic E-state index is 11.0. The van der Waals surface area contributed by atoms with Crippen LogP contribution < -0.4 is 16.0 Å². The molecular weight excluding hydrogens is 226 g/mol. The maximum absolute atomic E-state index is 11.0. The van der Waals surface area contributed by atoms with Crippen molar-refractivity contribution in [2.75, 3.05) is 23.7 Å². The summed E-state index contributed by atoms with van der Waals surface area (Å²) in [5.41, 5.74) is 1.92. The number of amides is 1. The molecule has 0 aliphatic carbocycles. The van der Waals surface area contributed by atoms with Gasteiger partial charge in [-0.2, -0.15) is 0 Å². The fraction of sp³-hybridized carbons (Fsp3) is 0.500. The summed E-state index contributed by atoms with van der Waals surface area (Å²) in [7, 11) is 0. The Morgan fingerprint density at radius 2 is 2.11 bits per heavy atom. The van der Waals surface area contributed by atoms with E-state index in [0.717, 1.165) is 30.9 Å². The van der Waals surface area contributed by atoms with Crippen LogP contribution in [-0.4, -0.2) is 25.0 Å². The Morgan fingerprint density at radius 1 is 1.28 bits per heavy atom. The number of nitrogens with one attached hydrogen (secondary N) is 3. The van der Waals surface area contributed by atoms with Crippen molar-refractivity contribution in [3.63, 3.8) is 0 Å². The lowest BCUT2D eigenvalue weighted by molar-refractivity contribution is -0.114.